The van der Waals surface area contributed by atoms with E-state index in [0.29, 0.717) is 6.42 Å². The third-order valence-electron chi connectivity index (χ3n) is 4.64. The summed E-state index contributed by atoms with van der Waals surface area (Å²) in [6, 6.07) is 10.2. The molecule has 0 atom stereocenters. The van der Waals surface area contributed by atoms with Gasteiger partial charge in [-0.05, 0) is 50.1 Å². The zero-order valence-corrected chi connectivity index (χ0v) is 15.4. The molecular weight excluding hydrogens is 326 g/mol. The van der Waals surface area contributed by atoms with E-state index in [2.05, 4.69) is 41.0 Å². The summed E-state index contributed by atoms with van der Waals surface area (Å²) in [4.78, 5) is 8.93. The molecule has 0 spiro atoms. The van der Waals surface area contributed by atoms with Gasteiger partial charge in [-0.25, -0.2) is 14.5 Å². The van der Waals surface area contributed by atoms with Gasteiger partial charge in [0.05, 0.1) is 24.8 Å². The molecule has 0 amide bonds. The normalized spacial score (nSPS) is 11.2. The number of hydrogen-bond donors (Lipinski definition) is 0. The molecule has 0 aliphatic heterocycles. The fourth-order valence-corrected chi connectivity index (χ4v) is 3.07. The molecule has 3 aromatic heterocycles. The molecule has 6 heteroatoms. The van der Waals surface area contributed by atoms with E-state index in [4.69, 9.17) is 4.74 Å². The Kier molecular flexibility index (Phi) is 3.95. The second kappa shape index (κ2) is 6.29. The van der Waals surface area contributed by atoms with Crippen LogP contribution in [-0.4, -0.2) is 31.3 Å². The van der Waals surface area contributed by atoms with Crippen LogP contribution in [0.15, 0.2) is 42.9 Å². The van der Waals surface area contributed by atoms with E-state index in [1.54, 1.807) is 13.4 Å². The number of aromatic nitrogens is 5. The van der Waals surface area contributed by atoms with Crippen molar-refractivity contribution in [3.63, 3.8) is 0 Å². The molecule has 0 bridgehead atoms. The van der Waals surface area contributed by atoms with E-state index in [0.717, 1.165) is 39.9 Å². The molecule has 0 unspecified atom stereocenters. The number of ether oxygens (including phenoxy) is 1. The fourth-order valence-electron chi connectivity index (χ4n) is 3.07. The third-order valence-corrected chi connectivity index (χ3v) is 4.64. The van der Waals surface area contributed by atoms with Crippen LogP contribution in [0.3, 0.4) is 0 Å². The molecule has 0 aliphatic carbocycles. The lowest BCUT2D eigenvalue weighted by atomic mass is 10.1. The van der Waals surface area contributed by atoms with Crippen molar-refractivity contribution in [1.29, 1.82) is 0 Å². The highest BCUT2D eigenvalue weighted by Gasteiger charge is 2.11. The lowest BCUT2D eigenvalue weighted by Crippen LogP contribution is -1.99. The number of imidazole rings is 1. The minimum atomic E-state index is 0.653. The molecule has 1 aromatic carbocycles. The van der Waals surface area contributed by atoms with Gasteiger partial charge in [0.2, 0.25) is 0 Å². The van der Waals surface area contributed by atoms with E-state index in [1.807, 2.05) is 40.4 Å². The topological polar surface area (TPSA) is 57.2 Å². The molecule has 3 heterocycles. The standard InChI is InChI=1S/C20H21N5O/c1-13-5-8-20-22-19(23-25(20)15(13)3)10-16-6-7-17(18(9-16)26-4)24-11-14(2)21-12-24/h5-9,11-12H,10H2,1-4H3. The van der Waals surface area contributed by atoms with Crippen molar-refractivity contribution in [2.24, 2.45) is 0 Å². The van der Waals surface area contributed by atoms with Gasteiger partial charge >= 0.3 is 0 Å². The van der Waals surface area contributed by atoms with E-state index in [1.165, 1.54) is 5.56 Å². The average molecular weight is 347 g/mol. The maximum atomic E-state index is 5.59. The molecular formula is C20H21N5O. The first-order valence-electron chi connectivity index (χ1n) is 8.55. The summed E-state index contributed by atoms with van der Waals surface area (Å²) in [6.45, 7) is 6.11. The quantitative estimate of drug-likeness (QED) is 0.567. The Hall–Kier alpha value is -3.15. The number of benzene rings is 1. The van der Waals surface area contributed by atoms with Crippen LogP contribution >= 0.6 is 0 Å². The van der Waals surface area contributed by atoms with Crippen molar-refractivity contribution in [2.75, 3.05) is 7.11 Å². The molecule has 0 radical (unpaired) electrons. The maximum absolute atomic E-state index is 5.59. The molecule has 6 nitrogen and oxygen atoms in total. The molecule has 0 saturated heterocycles. The number of pyridine rings is 1. The van der Waals surface area contributed by atoms with Crippen LogP contribution in [-0.2, 0) is 6.42 Å². The number of nitrogens with zero attached hydrogens (tertiary/aromatic N) is 5. The smallest absolute Gasteiger partial charge is 0.156 e. The first kappa shape index (κ1) is 16.3. The molecule has 0 N–H and O–H groups in total. The van der Waals surface area contributed by atoms with Crippen molar-refractivity contribution >= 4 is 5.65 Å². The first-order valence-corrected chi connectivity index (χ1v) is 8.55. The highest BCUT2D eigenvalue weighted by atomic mass is 16.5. The van der Waals surface area contributed by atoms with Crippen molar-refractivity contribution in [2.45, 2.75) is 27.2 Å². The predicted molar refractivity (Wildman–Crippen MR) is 100 cm³/mol. The first-order chi connectivity index (χ1) is 12.5. The molecule has 132 valence electrons. The Morgan fingerprint density at radius 1 is 1.08 bits per heavy atom. The minimum Gasteiger partial charge on any atom is -0.495 e. The number of hydrogen-bond acceptors (Lipinski definition) is 4. The zero-order chi connectivity index (χ0) is 18.3. The van der Waals surface area contributed by atoms with Crippen LogP contribution in [0, 0.1) is 20.8 Å². The minimum absolute atomic E-state index is 0.653. The summed E-state index contributed by atoms with van der Waals surface area (Å²) in [5.41, 5.74) is 6.23. The fraction of sp³-hybridized carbons (Fsp3) is 0.250. The second-order valence-corrected chi connectivity index (χ2v) is 6.51. The molecule has 0 saturated carbocycles. The summed E-state index contributed by atoms with van der Waals surface area (Å²) in [5.74, 6) is 1.60. The third kappa shape index (κ3) is 2.83. The van der Waals surface area contributed by atoms with Gasteiger partial charge in [-0.3, -0.25) is 0 Å². The Morgan fingerprint density at radius 3 is 2.65 bits per heavy atom. The van der Waals surface area contributed by atoms with Gasteiger partial charge < -0.3 is 9.30 Å². The van der Waals surface area contributed by atoms with Crippen LogP contribution in [0.5, 0.6) is 5.75 Å². The van der Waals surface area contributed by atoms with Gasteiger partial charge in [0, 0.05) is 18.3 Å². The van der Waals surface area contributed by atoms with Crippen LogP contribution < -0.4 is 4.74 Å². The van der Waals surface area contributed by atoms with Crippen molar-refractivity contribution in [3.8, 4) is 11.4 Å². The van der Waals surface area contributed by atoms with E-state index < -0.39 is 0 Å². The number of aryl methyl sites for hydroxylation is 3. The monoisotopic (exact) mass is 347 g/mol. The van der Waals surface area contributed by atoms with Crippen LogP contribution in [0.25, 0.3) is 11.3 Å². The zero-order valence-electron chi connectivity index (χ0n) is 15.4. The van der Waals surface area contributed by atoms with Crippen molar-refractivity contribution in [3.05, 3.63) is 71.2 Å². The van der Waals surface area contributed by atoms with Gasteiger partial charge in [0.15, 0.2) is 11.5 Å². The number of fused-ring (bicyclic) bond motifs is 1. The number of rotatable bonds is 4. The molecule has 0 fully saturated rings. The summed E-state index contributed by atoms with van der Waals surface area (Å²) in [7, 11) is 1.68. The Balaban J connectivity index is 1.67. The lowest BCUT2D eigenvalue weighted by molar-refractivity contribution is 0.412. The highest BCUT2D eigenvalue weighted by molar-refractivity contribution is 5.50. The molecule has 4 aromatic rings. The van der Waals surface area contributed by atoms with Gasteiger partial charge in [0.25, 0.3) is 0 Å². The molecule has 4 rings (SSSR count). The van der Waals surface area contributed by atoms with Crippen LogP contribution in [0.2, 0.25) is 0 Å². The maximum Gasteiger partial charge on any atom is 0.156 e. The summed E-state index contributed by atoms with van der Waals surface area (Å²) >= 11 is 0. The average Bonchev–Trinajstić information content (AvgIpc) is 3.24. The van der Waals surface area contributed by atoms with Gasteiger partial charge in [-0.1, -0.05) is 12.1 Å². The van der Waals surface area contributed by atoms with Gasteiger partial charge in [0.1, 0.15) is 5.75 Å². The Bertz CT molecular complexity index is 1090. The molecule has 0 aliphatic rings. The number of methoxy groups -OCH3 is 1. The summed E-state index contributed by atoms with van der Waals surface area (Å²) in [5, 5.41) is 4.66. The van der Waals surface area contributed by atoms with Crippen LogP contribution in [0.4, 0.5) is 0 Å². The van der Waals surface area contributed by atoms with Crippen molar-refractivity contribution < 1.29 is 4.74 Å². The van der Waals surface area contributed by atoms with E-state index >= 15 is 0 Å². The van der Waals surface area contributed by atoms with Crippen molar-refractivity contribution in [1.82, 2.24) is 24.1 Å². The predicted octanol–water partition coefficient (Wildman–Crippen LogP) is 3.44. The van der Waals surface area contributed by atoms with Crippen LogP contribution in [0.1, 0.15) is 28.3 Å². The van der Waals surface area contributed by atoms with E-state index in [-0.39, 0.29) is 0 Å². The Labute approximate surface area is 152 Å². The Morgan fingerprint density at radius 2 is 1.92 bits per heavy atom. The highest BCUT2D eigenvalue weighted by Crippen LogP contribution is 2.25. The summed E-state index contributed by atoms with van der Waals surface area (Å²) < 4.78 is 9.46. The van der Waals surface area contributed by atoms with Gasteiger partial charge in [-0.2, -0.15) is 5.10 Å². The second-order valence-electron chi connectivity index (χ2n) is 6.51. The molecule has 26 heavy (non-hydrogen) atoms. The SMILES string of the molecule is COc1cc(Cc2nc3ccc(C)c(C)n3n2)ccc1-n1cnc(C)c1. The van der Waals surface area contributed by atoms with Gasteiger partial charge in [-0.15, -0.1) is 0 Å². The largest absolute Gasteiger partial charge is 0.495 e. The summed E-state index contributed by atoms with van der Waals surface area (Å²) in [6.07, 6.45) is 4.42. The lowest BCUT2D eigenvalue weighted by Gasteiger charge is -2.10. The van der Waals surface area contributed by atoms with E-state index in [9.17, 15) is 0 Å².